The molecule has 0 radical (unpaired) electrons. The van der Waals surface area contributed by atoms with E-state index in [2.05, 4.69) is 193 Å². The average Bonchev–Trinajstić information content (AvgIpc) is 3.83. The fourth-order valence-electron chi connectivity index (χ4n) is 10.1. The van der Waals surface area contributed by atoms with Gasteiger partial charge in [-0.25, -0.2) is 0 Å². The van der Waals surface area contributed by atoms with Crippen LogP contribution in [0.3, 0.4) is 0 Å². The van der Waals surface area contributed by atoms with Crippen molar-refractivity contribution in [2.45, 2.75) is 39.5 Å². The zero-order chi connectivity index (χ0) is 41.9. The number of benzene rings is 6. The van der Waals surface area contributed by atoms with E-state index in [0.717, 1.165) is 81.6 Å². The van der Waals surface area contributed by atoms with Crippen LogP contribution in [0.15, 0.2) is 182 Å². The monoisotopic (exact) mass is 800 g/mol. The van der Waals surface area contributed by atoms with E-state index in [-0.39, 0.29) is 5.78 Å². The molecular weight excluding hydrogens is 753 g/mol. The molecule has 6 aromatic carbocycles. The van der Waals surface area contributed by atoms with Gasteiger partial charge in [0.25, 0.3) is 0 Å². The largest absolute Gasteiger partial charge is 0.310 e. The van der Waals surface area contributed by atoms with Crippen molar-refractivity contribution in [2.24, 2.45) is 11.8 Å². The Morgan fingerprint density at radius 2 is 1.08 bits per heavy atom. The van der Waals surface area contributed by atoms with Crippen LogP contribution in [-0.2, 0) is 12.8 Å². The zero-order valence-electron chi connectivity index (χ0n) is 35.3. The van der Waals surface area contributed by atoms with E-state index < -0.39 is 0 Å². The first-order valence-electron chi connectivity index (χ1n) is 22.1. The standard InChI is InChI=1S/C59H48N2O/c1-38-22-32-57-52(34-38)53-35-39(2)23-33-58(53)61(57)46-28-24-42(25-29-46)50-37-54(59(62)44-16-8-5-9-17-44)51(36-49(50)40(3)41-14-6-4-7-15-41)43-26-30-45(31-27-43)60-55-20-12-10-18-47(55)48-19-11-13-21-56(48)60/h4,6-8,10-33,36-39H,3,5,9,34-35H2,1-2H3. The van der Waals surface area contributed by atoms with Gasteiger partial charge in [-0.05, 0) is 148 Å². The van der Waals surface area contributed by atoms with E-state index in [0.29, 0.717) is 17.4 Å². The molecule has 3 nitrogen and oxygen atoms in total. The number of allylic oxidation sites excluding steroid dienone is 6. The molecule has 0 bridgehead atoms. The van der Waals surface area contributed by atoms with Crippen LogP contribution in [0, 0.1) is 11.8 Å². The Labute approximate surface area is 364 Å². The topological polar surface area (TPSA) is 26.9 Å². The fourth-order valence-corrected chi connectivity index (χ4v) is 10.1. The summed E-state index contributed by atoms with van der Waals surface area (Å²) in [5, 5.41) is 2.46. The molecule has 0 saturated heterocycles. The van der Waals surface area contributed by atoms with Crippen LogP contribution in [0.25, 0.3) is 73.2 Å². The summed E-state index contributed by atoms with van der Waals surface area (Å²) in [5.74, 6) is 1.09. The number of ketones is 1. The molecule has 2 heterocycles. The number of nitrogens with zero attached hydrogens (tertiary/aromatic N) is 2. The number of para-hydroxylation sites is 2. The lowest BCUT2D eigenvalue weighted by Gasteiger charge is -2.20. The third kappa shape index (κ3) is 6.39. The number of carbonyl (C=O) groups excluding carboxylic acids is 1. The van der Waals surface area contributed by atoms with E-state index >= 15 is 0 Å². The molecule has 3 aliphatic carbocycles. The van der Waals surface area contributed by atoms with Crippen molar-refractivity contribution in [1.82, 2.24) is 9.13 Å². The molecule has 0 aliphatic heterocycles. The van der Waals surface area contributed by atoms with Crippen molar-refractivity contribution in [2.75, 3.05) is 0 Å². The summed E-state index contributed by atoms with van der Waals surface area (Å²) in [4.78, 5) is 14.8. The lowest BCUT2D eigenvalue weighted by Crippen LogP contribution is -2.08. The Kier molecular flexibility index (Phi) is 9.34. The highest BCUT2D eigenvalue weighted by Crippen LogP contribution is 2.42. The summed E-state index contributed by atoms with van der Waals surface area (Å²) < 4.78 is 4.78. The van der Waals surface area contributed by atoms with Gasteiger partial charge in [0, 0.05) is 44.7 Å². The molecule has 3 heteroatoms. The lowest BCUT2D eigenvalue weighted by molar-refractivity contribution is 0.103. The second-order valence-corrected chi connectivity index (χ2v) is 17.4. The van der Waals surface area contributed by atoms with Crippen LogP contribution < -0.4 is 0 Å². The molecule has 0 spiro atoms. The first-order valence-corrected chi connectivity index (χ1v) is 22.1. The zero-order valence-corrected chi connectivity index (χ0v) is 35.3. The third-order valence-electron chi connectivity index (χ3n) is 13.2. The number of rotatable bonds is 8. The van der Waals surface area contributed by atoms with E-state index in [1.807, 2.05) is 12.1 Å². The third-order valence-corrected chi connectivity index (χ3v) is 13.2. The van der Waals surface area contributed by atoms with Gasteiger partial charge >= 0.3 is 0 Å². The van der Waals surface area contributed by atoms with E-state index in [9.17, 15) is 4.79 Å². The summed E-state index contributed by atoms with van der Waals surface area (Å²) in [6.07, 6.45) is 19.5. The fraction of sp³-hybridized carbons (Fsp3) is 0.136. The van der Waals surface area contributed by atoms with Crippen LogP contribution in [0.4, 0.5) is 0 Å². The molecule has 0 N–H and O–H groups in total. The number of carbonyl (C=O) groups is 1. The number of fused-ring (bicyclic) bond motifs is 6. The van der Waals surface area contributed by atoms with Gasteiger partial charge in [-0.3, -0.25) is 4.79 Å². The molecule has 2 atom stereocenters. The van der Waals surface area contributed by atoms with Crippen molar-refractivity contribution in [3.8, 4) is 33.6 Å². The molecule has 300 valence electrons. The van der Waals surface area contributed by atoms with Crippen LogP contribution in [0.2, 0.25) is 0 Å². The summed E-state index contributed by atoms with van der Waals surface area (Å²) in [6, 6.07) is 49.6. The SMILES string of the molecule is C=C(c1ccccc1)c1cc(-c2ccc(-n3c4ccccc4c4ccccc43)cc2)c(C(=O)C2=CCCC=C2)cc1-c1ccc(-n2c3c(c4c2C=CC(C)C4)CC(C)C=C3)cc1. The smallest absolute Gasteiger partial charge is 0.193 e. The molecule has 3 aliphatic rings. The van der Waals surface area contributed by atoms with Crippen molar-refractivity contribution < 1.29 is 4.79 Å². The summed E-state index contributed by atoms with van der Waals surface area (Å²) in [5.41, 5.74) is 18.4. The minimum Gasteiger partial charge on any atom is -0.310 e. The molecule has 8 aromatic rings. The molecule has 2 unspecified atom stereocenters. The quantitative estimate of drug-likeness (QED) is 0.141. The maximum absolute atomic E-state index is 14.8. The van der Waals surface area contributed by atoms with Gasteiger partial charge in [-0.1, -0.05) is 142 Å². The van der Waals surface area contributed by atoms with Crippen LogP contribution in [0.1, 0.15) is 70.7 Å². The van der Waals surface area contributed by atoms with E-state index in [1.54, 1.807) is 0 Å². The Bertz CT molecular complexity index is 3120. The average molecular weight is 801 g/mol. The van der Waals surface area contributed by atoms with Crippen LogP contribution >= 0.6 is 0 Å². The van der Waals surface area contributed by atoms with Gasteiger partial charge in [-0.2, -0.15) is 0 Å². The summed E-state index contributed by atoms with van der Waals surface area (Å²) in [6.45, 7) is 9.35. The lowest BCUT2D eigenvalue weighted by atomic mass is 9.83. The van der Waals surface area contributed by atoms with Crippen molar-refractivity contribution in [3.63, 3.8) is 0 Å². The Balaban J connectivity index is 1.07. The minimum atomic E-state index is 0.0322. The van der Waals surface area contributed by atoms with Gasteiger partial charge in [0.1, 0.15) is 0 Å². The molecule has 0 saturated carbocycles. The van der Waals surface area contributed by atoms with E-state index in [1.165, 1.54) is 44.3 Å². The minimum absolute atomic E-state index is 0.0322. The molecular formula is C59H48N2O. The van der Waals surface area contributed by atoms with E-state index in [4.69, 9.17) is 6.58 Å². The van der Waals surface area contributed by atoms with Gasteiger partial charge in [-0.15, -0.1) is 0 Å². The first-order chi connectivity index (χ1) is 30.4. The second kappa shape index (κ2) is 15.3. The normalized spacial score (nSPS) is 16.6. The summed E-state index contributed by atoms with van der Waals surface area (Å²) in [7, 11) is 0. The van der Waals surface area contributed by atoms with Gasteiger partial charge in [0.2, 0.25) is 0 Å². The van der Waals surface area contributed by atoms with Gasteiger partial charge < -0.3 is 9.13 Å². The Morgan fingerprint density at radius 1 is 0.565 bits per heavy atom. The highest BCUT2D eigenvalue weighted by atomic mass is 16.1. The predicted octanol–water partition coefficient (Wildman–Crippen LogP) is 14.8. The van der Waals surface area contributed by atoms with Crippen molar-refractivity contribution in [3.05, 3.63) is 221 Å². The number of hydrogen-bond acceptors (Lipinski definition) is 1. The highest BCUT2D eigenvalue weighted by molar-refractivity contribution is 6.16. The molecule has 0 fully saturated rings. The van der Waals surface area contributed by atoms with Crippen molar-refractivity contribution in [1.29, 1.82) is 0 Å². The number of Topliss-reactive ketones (excluding diaryl/α,β-unsaturated/α-hetero) is 1. The molecule has 0 amide bonds. The first kappa shape index (κ1) is 37.7. The van der Waals surface area contributed by atoms with Crippen LogP contribution in [-0.4, -0.2) is 14.9 Å². The Hall–Kier alpha value is -7.23. The second-order valence-electron chi connectivity index (χ2n) is 17.4. The Morgan fingerprint density at radius 3 is 1.65 bits per heavy atom. The summed E-state index contributed by atoms with van der Waals surface area (Å²) >= 11 is 0. The van der Waals surface area contributed by atoms with Crippen molar-refractivity contribution >= 4 is 45.3 Å². The maximum Gasteiger partial charge on any atom is 0.193 e. The molecule has 2 aromatic heterocycles. The molecule has 62 heavy (non-hydrogen) atoms. The number of hydrogen-bond donors (Lipinski definition) is 0. The molecule has 11 rings (SSSR count). The predicted molar refractivity (Wildman–Crippen MR) is 260 cm³/mol. The van der Waals surface area contributed by atoms with Gasteiger partial charge in [0.15, 0.2) is 5.78 Å². The highest BCUT2D eigenvalue weighted by Gasteiger charge is 2.28. The number of aromatic nitrogens is 2. The maximum atomic E-state index is 14.8. The van der Waals surface area contributed by atoms with Crippen LogP contribution in [0.5, 0.6) is 0 Å². The van der Waals surface area contributed by atoms with Gasteiger partial charge in [0.05, 0.1) is 11.0 Å².